The van der Waals surface area contributed by atoms with Gasteiger partial charge in [-0.05, 0) is 103 Å². The van der Waals surface area contributed by atoms with Crippen LogP contribution in [-0.2, 0) is 74.3 Å². The van der Waals surface area contributed by atoms with Crippen LogP contribution in [0.25, 0.3) is 0 Å². The average molecular weight is 1030 g/mol. The lowest BCUT2D eigenvalue weighted by atomic mass is 9.33. The molecule has 4 saturated carbocycles. The van der Waals surface area contributed by atoms with Gasteiger partial charge in [0.05, 0.1) is 43.5 Å². The van der Waals surface area contributed by atoms with Gasteiger partial charge in [0, 0.05) is 41.0 Å². The van der Waals surface area contributed by atoms with Crippen molar-refractivity contribution in [2.24, 2.45) is 50.2 Å². The van der Waals surface area contributed by atoms with E-state index < -0.39 is 102 Å². The smallest absolute Gasteiger partial charge is 0.361 e. The van der Waals surface area contributed by atoms with Gasteiger partial charge in [-0.2, -0.15) is 0 Å². The second-order valence-corrected chi connectivity index (χ2v) is 24.1. The van der Waals surface area contributed by atoms with Crippen molar-refractivity contribution in [3.63, 3.8) is 0 Å². The lowest BCUT2D eigenvalue weighted by molar-refractivity contribution is -0.266. The molecule has 1 aromatic rings. The molecule has 15 atom stereocenters. The second-order valence-electron chi connectivity index (χ2n) is 24.1. The number of amides is 2. The molecule has 6 aliphatic rings. The molecule has 7 rings (SSSR count). The molecule has 0 radical (unpaired) electrons. The van der Waals surface area contributed by atoms with Crippen LogP contribution in [0.4, 0.5) is 0 Å². The van der Waals surface area contributed by atoms with E-state index in [2.05, 4.69) is 75.5 Å². The Morgan fingerprint density at radius 3 is 2.12 bits per heavy atom. The Labute approximate surface area is 428 Å². The second kappa shape index (κ2) is 20.0. The van der Waals surface area contributed by atoms with Gasteiger partial charge in [0.2, 0.25) is 11.8 Å². The highest BCUT2D eigenvalue weighted by Gasteiger charge is 2.71. The number of carbonyl (C=O) groups is 7. The lowest BCUT2D eigenvalue weighted by Crippen LogP contribution is -2.69. The summed E-state index contributed by atoms with van der Waals surface area (Å²) >= 11 is 0. The number of hydrogen-bond acceptors (Lipinski definition) is 17. The summed E-state index contributed by atoms with van der Waals surface area (Å²) in [5.41, 5.74) is -3.06. The van der Waals surface area contributed by atoms with Crippen molar-refractivity contribution in [3.05, 3.63) is 23.5 Å². The van der Waals surface area contributed by atoms with Crippen LogP contribution in [0.15, 0.2) is 17.8 Å². The van der Waals surface area contributed by atoms with Crippen molar-refractivity contribution in [2.75, 3.05) is 13.7 Å². The quantitative estimate of drug-likeness (QED) is 0.120. The summed E-state index contributed by atoms with van der Waals surface area (Å²) in [6.07, 6.45) is 2.17. The molecule has 0 spiro atoms. The van der Waals surface area contributed by atoms with Gasteiger partial charge in [0.25, 0.3) is 5.72 Å². The Morgan fingerprint density at radius 2 is 1.51 bits per heavy atom. The molecule has 2 amide bonds. The highest BCUT2D eigenvalue weighted by Crippen LogP contribution is 2.75. The maximum Gasteiger partial charge on any atom is 0.361 e. The van der Waals surface area contributed by atoms with Crippen molar-refractivity contribution < 1.29 is 72.2 Å². The summed E-state index contributed by atoms with van der Waals surface area (Å²) in [6.45, 7) is 20.7. The zero-order valence-electron chi connectivity index (χ0n) is 45.0. The molecule has 20 heteroatoms. The maximum absolute atomic E-state index is 15.2. The monoisotopic (exact) mass is 1030 g/mol. The number of aromatic nitrogens is 3. The molecule has 406 valence electrons. The largest absolute Gasteiger partial charge is 0.465 e. The third-order valence-electron chi connectivity index (χ3n) is 18.9. The van der Waals surface area contributed by atoms with E-state index in [9.17, 15) is 39.0 Å². The highest BCUT2D eigenvalue weighted by molar-refractivity contribution is 5.85. The van der Waals surface area contributed by atoms with Gasteiger partial charge >= 0.3 is 29.8 Å². The molecule has 20 nitrogen and oxygen atoms in total. The van der Waals surface area contributed by atoms with Crippen LogP contribution in [0.5, 0.6) is 0 Å². The molecule has 1 aromatic heterocycles. The molecule has 1 saturated heterocycles. The van der Waals surface area contributed by atoms with Gasteiger partial charge in [-0.15, -0.1) is 5.10 Å². The Bertz CT molecular complexity index is 2380. The number of hydrogen-bond donors (Lipinski definition) is 4. The van der Waals surface area contributed by atoms with Gasteiger partial charge < -0.3 is 49.3 Å². The Hall–Kier alpha value is -4.95. The molecule has 73 heavy (non-hydrogen) atoms. The van der Waals surface area contributed by atoms with E-state index in [-0.39, 0.29) is 51.8 Å². The predicted molar refractivity (Wildman–Crippen MR) is 259 cm³/mol. The molecule has 5 aliphatic carbocycles. The molecular formula is C53H79N5O15. The minimum atomic E-state index is -2.39. The molecule has 5 fully saturated rings. The Morgan fingerprint density at radius 1 is 0.822 bits per heavy atom. The summed E-state index contributed by atoms with van der Waals surface area (Å²) in [4.78, 5) is 92.3. The van der Waals surface area contributed by atoms with Gasteiger partial charge in [-0.1, -0.05) is 65.3 Å². The number of rotatable bonds is 13. The summed E-state index contributed by atoms with van der Waals surface area (Å²) in [7, 11) is 1.07. The van der Waals surface area contributed by atoms with Crippen molar-refractivity contribution >= 4 is 41.7 Å². The molecule has 4 N–H and O–H groups in total. The van der Waals surface area contributed by atoms with Crippen LogP contribution >= 0.6 is 0 Å². The highest BCUT2D eigenvalue weighted by atomic mass is 16.6. The van der Waals surface area contributed by atoms with Gasteiger partial charge in [-0.3, -0.25) is 28.8 Å². The van der Waals surface area contributed by atoms with Crippen LogP contribution < -0.4 is 10.6 Å². The van der Waals surface area contributed by atoms with Crippen molar-refractivity contribution in [2.45, 2.75) is 202 Å². The fraction of sp³-hybridized carbons (Fsp3) is 0.792. The Kier molecular flexibility index (Phi) is 15.3. The van der Waals surface area contributed by atoms with Crippen LogP contribution in [0.3, 0.4) is 0 Å². The number of ether oxygens (including phenoxy) is 6. The number of fused-ring (bicyclic) bond motifs is 7. The van der Waals surface area contributed by atoms with Crippen LogP contribution in [0.1, 0.15) is 153 Å². The van der Waals surface area contributed by atoms with E-state index in [1.54, 1.807) is 0 Å². The van der Waals surface area contributed by atoms with Crippen molar-refractivity contribution in [3.8, 4) is 0 Å². The molecular weight excluding hydrogens is 947 g/mol. The van der Waals surface area contributed by atoms with E-state index in [1.807, 2.05) is 0 Å². The zero-order valence-corrected chi connectivity index (χ0v) is 45.0. The third-order valence-corrected chi connectivity index (χ3v) is 18.9. The predicted octanol–water partition coefficient (Wildman–Crippen LogP) is 4.51. The fourth-order valence-electron chi connectivity index (χ4n) is 15.3. The SMILES string of the molecule is COC(=O)[C@@]1(n2cc(CNC(=O)[C@]34CCC(C)(C)C[C@@H]3C3=CC[C@@H]5[C@@]6(C)CC[C@H](O)C(C)(C)[C@@H]6CC[C@@]5(C)[C@]3(C)C[C@H]4O)nn2)C[C@H](OC(C)=O)[C@@H](NC(C)=O)[C@H]([C@H](OC(C)=O)[C@@H](COC(C)=O)OC(C)=O)O1. The summed E-state index contributed by atoms with van der Waals surface area (Å²) in [6, 6.07) is -1.39. The number of nitrogens with one attached hydrogen (secondary N) is 2. The number of aliphatic hydroxyl groups excluding tert-OH is 2. The third kappa shape index (κ3) is 9.70. The van der Waals surface area contributed by atoms with Crippen molar-refractivity contribution in [1.29, 1.82) is 0 Å². The summed E-state index contributed by atoms with van der Waals surface area (Å²) in [5, 5.41) is 38.3. The number of nitrogens with zero attached hydrogens (tertiary/aromatic N) is 3. The van der Waals surface area contributed by atoms with E-state index in [0.29, 0.717) is 37.5 Å². The minimum Gasteiger partial charge on any atom is -0.465 e. The number of allylic oxidation sites excluding steroid dienone is 2. The van der Waals surface area contributed by atoms with Crippen LogP contribution in [-0.4, -0.2) is 123 Å². The Balaban J connectivity index is 1.23. The first kappa shape index (κ1) is 55.8. The van der Waals surface area contributed by atoms with E-state index in [1.165, 1.54) is 18.7 Å². The van der Waals surface area contributed by atoms with Gasteiger partial charge in [0.15, 0.2) is 12.2 Å². The molecule has 0 aromatic carbocycles. The topological polar surface area (TPSA) is 270 Å². The fourth-order valence-corrected chi connectivity index (χ4v) is 15.3. The lowest BCUT2D eigenvalue weighted by Gasteiger charge is -2.71. The van der Waals surface area contributed by atoms with Crippen LogP contribution in [0, 0.1) is 50.2 Å². The number of methoxy groups -OCH3 is 1. The van der Waals surface area contributed by atoms with E-state index in [4.69, 9.17) is 28.4 Å². The standard InChI is InChI=1S/C53H79N5O15/c1-28(59)55-42-36(70-30(3)61)23-53(46(67)68-13,73-44(42)43(72-32(5)63)37(71-31(4)62)27-69-29(2)60)58-26-33(56-57-58)25-54-45(66)52-21-20-47(6,7)22-35(52)34-14-15-39-49(10)18-17-40(64)48(8,9)38(49)16-19-50(39,11)51(34,12)24-41(52)65/h14,26,35-44,64-65H,15-25,27H2,1-13H3,(H,54,66)(H,55,59)/t35-,36+,37-,38+,39-,40+,41-,42-,43-,44-,49+,50-,51-,52-,53-/m1/s1. The average Bonchev–Trinajstić information content (AvgIpc) is 3.77. The first-order valence-corrected chi connectivity index (χ1v) is 25.9. The molecule has 0 unspecified atom stereocenters. The summed E-state index contributed by atoms with van der Waals surface area (Å²) < 4.78 is 35.0. The molecule has 2 heterocycles. The van der Waals surface area contributed by atoms with Gasteiger partial charge in [0.1, 0.15) is 24.5 Å². The number of aliphatic hydroxyl groups is 2. The molecule has 0 bridgehead atoms. The first-order valence-electron chi connectivity index (χ1n) is 25.9. The van der Waals surface area contributed by atoms with Gasteiger partial charge in [-0.25, -0.2) is 9.48 Å². The van der Waals surface area contributed by atoms with Crippen LogP contribution in [0.2, 0.25) is 0 Å². The van der Waals surface area contributed by atoms with E-state index >= 15 is 4.79 Å². The maximum atomic E-state index is 15.2. The zero-order chi connectivity index (χ0) is 54.0. The number of carbonyl (C=O) groups excluding carboxylic acids is 7. The van der Waals surface area contributed by atoms with E-state index in [0.717, 1.165) is 71.6 Å². The normalized spacial score (nSPS) is 37.9. The number of esters is 5. The van der Waals surface area contributed by atoms with Crippen molar-refractivity contribution in [1.82, 2.24) is 25.6 Å². The minimum absolute atomic E-state index is 0.00690. The summed E-state index contributed by atoms with van der Waals surface area (Å²) in [5.74, 6) is -5.06. The molecule has 1 aliphatic heterocycles. The first-order chi connectivity index (χ1) is 33.9.